The fraction of sp³-hybridized carbons (Fsp3) is 0.300. The highest BCUT2D eigenvalue weighted by Crippen LogP contribution is 2.35. The van der Waals surface area contributed by atoms with Gasteiger partial charge in [0.05, 0.1) is 23.6 Å². The van der Waals surface area contributed by atoms with E-state index in [0.717, 1.165) is 28.8 Å². The van der Waals surface area contributed by atoms with Gasteiger partial charge in [-0.3, -0.25) is 9.69 Å². The summed E-state index contributed by atoms with van der Waals surface area (Å²) in [6, 6.07) is 11.3. The number of rotatable bonds is 5. The number of urea groups is 1. The van der Waals surface area contributed by atoms with Crippen LogP contribution in [0.15, 0.2) is 36.4 Å². The zero-order valence-electron chi connectivity index (χ0n) is 15.1. The molecule has 1 saturated heterocycles. The van der Waals surface area contributed by atoms with Crippen LogP contribution in [0.5, 0.6) is 0 Å². The van der Waals surface area contributed by atoms with E-state index in [-0.39, 0.29) is 25.0 Å². The molecule has 0 atom stereocenters. The Morgan fingerprint density at radius 2 is 1.89 bits per heavy atom. The second-order valence-electron chi connectivity index (χ2n) is 7.35. The summed E-state index contributed by atoms with van der Waals surface area (Å²) in [5.74, 6) is 0.498. The Morgan fingerprint density at radius 3 is 2.57 bits per heavy atom. The van der Waals surface area contributed by atoms with Gasteiger partial charge in [-0.15, -0.1) is 5.10 Å². The largest absolute Gasteiger partial charge is 0.329 e. The van der Waals surface area contributed by atoms with E-state index in [1.165, 1.54) is 17.7 Å². The molecule has 8 heteroatoms. The van der Waals surface area contributed by atoms with Gasteiger partial charge in [-0.05, 0) is 36.0 Å². The number of benzene rings is 2. The van der Waals surface area contributed by atoms with Crippen molar-refractivity contribution in [3.8, 4) is 11.1 Å². The molecule has 1 aliphatic carbocycles. The molecule has 5 rings (SSSR count). The quantitative estimate of drug-likeness (QED) is 0.672. The van der Waals surface area contributed by atoms with Crippen molar-refractivity contribution in [2.75, 3.05) is 6.54 Å². The molecule has 142 valence electrons. The highest BCUT2D eigenvalue weighted by molar-refractivity contribution is 6.37. The molecular weight excluding hydrogens is 378 g/mol. The molecule has 0 spiro atoms. The van der Waals surface area contributed by atoms with Crippen LogP contribution in [0.1, 0.15) is 18.4 Å². The SMILES string of the molecule is O=C1CNC(=O)N1Cc1ccc(-c2ccc3c(nnn3CC3CC3)c2Cl)cc1. The van der Waals surface area contributed by atoms with Crippen molar-refractivity contribution in [2.45, 2.75) is 25.9 Å². The fourth-order valence-electron chi connectivity index (χ4n) is 3.50. The molecule has 0 unspecified atom stereocenters. The molecule has 1 aliphatic heterocycles. The predicted molar refractivity (Wildman–Crippen MR) is 105 cm³/mol. The topological polar surface area (TPSA) is 80.1 Å². The molecule has 7 nitrogen and oxygen atoms in total. The first-order valence-corrected chi connectivity index (χ1v) is 9.67. The lowest BCUT2D eigenvalue weighted by molar-refractivity contribution is -0.125. The zero-order valence-corrected chi connectivity index (χ0v) is 15.8. The summed E-state index contributed by atoms with van der Waals surface area (Å²) in [5.41, 5.74) is 4.37. The monoisotopic (exact) mass is 395 g/mol. The molecule has 28 heavy (non-hydrogen) atoms. The summed E-state index contributed by atoms with van der Waals surface area (Å²) >= 11 is 6.64. The zero-order chi connectivity index (χ0) is 19.3. The van der Waals surface area contributed by atoms with Crippen LogP contribution in [0.3, 0.4) is 0 Å². The van der Waals surface area contributed by atoms with E-state index >= 15 is 0 Å². The molecule has 2 aliphatic rings. The van der Waals surface area contributed by atoms with Gasteiger partial charge >= 0.3 is 6.03 Å². The first kappa shape index (κ1) is 17.2. The average molecular weight is 396 g/mol. The minimum absolute atomic E-state index is 0.0635. The van der Waals surface area contributed by atoms with Gasteiger partial charge in [0.25, 0.3) is 0 Å². The number of carbonyl (C=O) groups excluding carboxylic acids is 2. The Morgan fingerprint density at radius 1 is 1.11 bits per heavy atom. The molecule has 3 amide bonds. The molecular formula is C20H18ClN5O2. The van der Waals surface area contributed by atoms with E-state index in [0.29, 0.717) is 16.5 Å². The number of nitrogens with one attached hydrogen (secondary N) is 1. The lowest BCUT2D eigenvalue weighted by Crippen LogP contribution is -2.30. The van der Waals surface area contributed by atoms with Crippen LogP contribution < -0.4 is 5.32 Å². The summed E-state index contributed by atoms with van der Waals surface area (Å²) in [4.78, 5) is 24.6. The van der Waals surface area contributed by atoms with E-state index in [1.807, 2.05) is 41.1 Å². The Labute approximate surface area is 166 Å². The summed E-state index contributed by atoms with van der Waals surface area (Å²) in [7, 11) is 0. The Balaban J connectivity index is 1.41. The van der Waals surface area contributed by atoms with Crippen LogP contribution >= 0.6 is 11.6 Å². The summed E-state index contributed by atoms with van der Waals surface area (Å²) in [5, 5.41) is 11.7. The number of nitrogens with zero attached hydrogens (tertiary/aromatic N) is 4. The van der Waals surface area contributed by atoms with Crippen molar-refractivity contribution < 1.29 is 9.59 Å². The van der Waals surface area contributed by atoms with Crippen molar-refractivity contribution >= 4 is 34.6 Å². The van der Waals surface area contributed by atoms with E-state index < -0.39 is 0 Å². The second-order valence-corrected chi connectivity index (χ2v) is 7.72. The van der Waals surface area contributed by atoms with Crippen molar-refractivity contribution in [1.29, 1.82) is 0 Å². The van der Waals surface area contributed by atoms with Crippen molar-refractivity contribution in [3.05, 3.63) is 47.0 Å². The first-order valence-electron chi connectivity index (χ1n) is 9.29. The minimum Gasteiger partial charge on any atom is -0.329 e. The van der Waals surface area contributed by atoms with Crippen LogP contribution in [0.25, 0.3) is 22.2 Å². The van der Waals surface area contributed by atoms with Crippen molar-refractivity contribution in [2.24, 2.45) is 5.92 Å². The molecule has 0 bridgehead atoms. The molecule has 1 N–H and O–H groups in total. The number of hydrogen-bond donors (Lipinski definition) is 1. The number of carbonyl (C=O) groups is 2. The molecule has 1 aromatic heterocycles. The maximum Gasteiger partial charge on any atom is 0.324 e. The number of imide groups is 1. The second kappa shape index (κ2) is 6.60. The van der Waals surface area contributed by atoms with Crippen molar-refractivity contribution in [1.82, 2.24) is 25.2 Å². The third-order valence-corrected chi connectivity index (χ3v) is 5.68. The van der Waals surface area contributed by atoms with Gasteiger partial charge in [-0.25, -0.2) is 9.48 Å². The van der Waals surface area contributed by atoms with E-state index in [9.17, 15) is 9.59 Å². The van der Waals surface area contributed by atoms with Crippen molar-refractivity contribution in [3.63, 3.8) is 0 Å². The highest BCUT2D eigenvalue weighted by Gasteiger charge is 2.28. The summed E-state index contributed by atoms with van der Waals surface area (Å²) in [6.07, 6.45) is 2.51. The van der Waals surface area contributed by atoms with Crippen LogP contribution in [-0.2, 0) is 17.9 Å². The molecule has 2 aromatic carbocycles. The first-order chi connectivity index (χ1) is 13.6. The third-order valence-electron chi connectivity index (χ3n) is 5.30. The lowest BCUT2D eigenvalue weighted by Gasteiger charge is -2.13. The third kappa shape index (κ3) is 3.01. The maximum atomic E-state index is 11.7. The smallest absolute Gasteiger partial charge is 0.324 e. The normalized spacial score (nSPS) is 16.8. The standard InChI is InChI=1S/C20H18ClN5O2/c21-18-15(7-8-16-19(18)23-24-26(16)11-13-1-2-13)14-5-3-12(4-6-14)10-25-17(27)9-22-20(25)28/h3-8,13H,1-2,9-11H2,(H,22,28). The van der Waals surface area contributed by atoms with Crippen LogP contribution in [0.4, 0.5) is 4.79 Å². The van der Waals surface area contributed by atoms with Crippen LogP contribution in [0.2, 0.25) is 5.02 Å². The van der Waals surface area contributed by atoms with Gasteiger partial charge < -0.3 is 5.32 Å². The predicted octanol–water partition coefficient (Wildman–Crippen LogP) is 3.21. The fourth-order valence-corrected chi connectivity index (χ4v) is 3.80. The van der Waals surface area contributed by atoms with E-state index in [2.05, 4.69) is 15.6 Å². The van der Waals surface area contributed by atoms with E-state index in [1.54, 1.807) is 0 Å². The lowest BCUT2D eigenvalue weighted by atomic mass is 10.0. The number of aromatic nitrogens is 3. The highest BCUT2D eigenvalue weighted by atomic mass is 35.5. The number of halogens is 1. The average Bonchev–Trinajstić information content (AvgIpc) is 3.35. The Kier molecular flexibility index (Phi) is 4.05. The van der Waals surface area contributed by atoms with E-state index in [4.69, 9.17) is 11.6 Å². The Bertz CT molecular complexity index is 1070. The molecule has 2 fully saturated rings. The van der Waals surface area contributed by atoms with Crippen LogP contribution in [-0.4, -0.2) is 38.4 Å². The number of amides is 3. The van der Waals surface area contributed by atoms with Gasteiger partial charge in [0.2, 0.25) is 5.91 Å². The van der Waals surface area contributed by atoms with Gasteiger partial charge in [0.15, 0.2) is 0 Å². The number of hydrogen-bond acceptors (Lipinski definition) is 4. The van der Waals surface area contributed by atoms with Gasteiger partial charge in [0, 0.05) is 12.1 Å². The molecule has 1 saturated carbocycles. The molecule has 3 aromatic rings. The maximum absolute atomic E-state index is 11.7. The summed E-state index contributed by atoms with van der Waals surface area (Å²) in [6.45, 7) is 1.21. The number of fused-ring (bicyclic) bond motifs is 1. The van der Waals surface area contributed by atoms with Gasteiger partial charge in [0.1, 0.15) is 5.52 Å². The van der Waals surface area contributed by atoms with Gasteiger partial charge in [-0.2, -0.15) is 0 Å². The molecule has 0 radical (unpaired) electrons. The Hall–Kier alpha value is -2.93. The van der Waals surface area contributed by atoms with Crippen LogP contribution in [0, 0.1) is 5.92 Å². The van der Waals surface area contributed by atoms with Gasteiger partial charge in [-0.1, -0.05) is 47.1 Å². The molecule has 2 heterocycles. The summed E-state index contributed by atoms with van der Waals surface area (Å²) < 4.78 is 1.93. The minimum atomic E-state index is -0.350.